The molecule has 0 heterocycles. The number of hydrogen-bond donors (Lipinski definition) is 2. The van der Waals surface area contributed by atoms with E-state index in [0.29, 0.717) is 5.69 Å². The molecule has 0 saturated heterocycles. The van der Waals surface area contributed by atoms with Crippen molar-refractivity contribution in [2.75, 3.05) is 18.4 Å². The van der Waals surface area contributed by atoms with Crippen LogP contribution >= 0.6 is 0 Å². The van der Waals surface area contributed by atoms with E-state index in [1.807, 2.05) is 31.2 Å². The maximum absolute atomic E-state index is 10.8. The number of nitrogens with two attached hydrogens (primary N) is 1. The molecule has 1 rings (SSSR count). The van der Waals surface area contributed by atoms with E-state index in [-0.39, 0.29) is 0 Å². The van der Waals surface area contributed by atoms with Crippen LogP contribution < -0.4 is 11.1 Å². The van der Waals surface area contributed by atoms with Crippen LogP contribution in [0.3, 0.4) is 0 Å². The second-order valence-electron chi connectivity index (χ2n) is 5.31. The molecular weight excluding hydrogens is 262 g/mol. The summed E-state index contributed by atoms with van der Waals surface area (Å²) in [6, 6.07) is 7.08. The number of benzene rings is 1. The maximum Gasteiger partial charge on any atom is 0.316 e. The molecule has 1 aromatic carbocycles. The molecule has 0 aliphatic carbocycles. The van der Waals surface area contributed by atoms with E-state index < -0.39 is 6.03 Å². The Labute approximate surface area is 127 Å². The first-order valence-corrected chi connectivity index (χ1v) is 7.15. The summed E-state index contributed by atoms with van der Waals surface area (Å²) < 4.78 is 0. The summed E-state index contributed by atoms with van der Waals surface area (Å²) in [6.45, 7) is 14.2. The summed E-state index contributed by atoms with van der Waals surface area (Å²) >= 11 is 0. The van der Waals surface area contributed by atoms with E-state index >= 15 is 0 Å². The molecule has 114 valence electrons. The SMILES string of the molecule is C=C(C)CN(CCC)C(=C)Cc1ccc(NC(N)=O)cc1. The van der Waals surface area contributed by atoms with Crippen LogP contribution in [-0.4, -0.2) is 24.0 Å². The number of urea groups is 1. The first-order chi connectivity index (χ1) is 9.92. The van der Waals surface area contributed by atoms with Crippen molar-refractivity contribution < 1.29 is 4.79 Å². The molecule has 0 radical (unpaired) electrons. The first-order valence-electron chi connectivity index (χ1n) is 7.15. The second-order valence-corrected chi connectivity index (χ2v) is 5.31. The third-order valence-corrected chi connectivity index (χ3v) is 3.03. The number of allylic oxidation sites excluding steroid dienone is 1. The molecule has 0 aliphatic heterocycles. The fraction of sp³-hybridized carbons (Fsp3) is 0.353. The summed E-state index contributed by atoms with van der Waals surface area (Å²) in [5.74, 6) is 0. The van der Waals surface area contributed by atoms with Crippen molar-refractivity contribution in [3.8, 4) is 0 Å². The van der Waals surface area contributed by atoms with Gasteiger partial charge >= 0.3 is 6.03 Å². The zero-order valence-corrected chi connectivity index (χ0v) is 13.0. The zero-order valence-electron chi connectivity index (χ0n) is 13.0. The summed E-state index contributed by atoms with van der Waals surface area (Å²) in [7, 11) is 0. The minimum Gasteiger partial charge on any atom is -0.371 e. The van der Waals surface area contributed by atoms with Crippen molar-refractivity contribution in [3.05, 3.63) is 54.3 Å². The largest absolute Gasteiger partial charge is 0.371 e. The molecule has 0 atom stereocenters. The van der Waals surface area contributed by atoms with Gasteiger partial charge < -0.3 is 16.0 Å². The second kappa shape index (κ2) is 8.15. The normalized spacial score (nSPS) is 10.0. The zero-order chi connectivity index (χ0) is 15.8. The lowest BCUT2D eigenvalue weighted by Gasteiger charge is -2.26. The Balaban J connectivity index is 2.67. The van der Waals surface area contributed by atoms with Gasteiger partial charge in [0, 0.05) is 30.9 Å². The summed E-state index contributed by atoms with van der Waals surface area (Å²) in [4.78, 5) is 13.0. The highest BCUT2D eigenvalue weighted by atomic mass is 16.2. The third kappa shape index (κ3) is 6.17. The Kier molecular flexibility index (Phi) is 6.53. The number of nitrogens with one attached hydrogen (secondary N) is 1. The summed E-state index contributed by atoms with van der Waals surface area (Å²) in [6.07, 6.45) is 1.86. The van der Waals surface area contributed by atoms with Crippen molar-refractivity contribution in [3.63, 3.8) is 0 Å². The quantitative estimate of drug-likeness (QED) is 0.719. The predicted octanol–water partition coefficient (Wildman–Crippen LogP) is 3.52. The lowest BCUT2D eigenvalue weighted by atomic mass is 10.1. The molecular formula is C17H25N3O. The van der Waals surface area contributed by atoms with E-state index in [2.05, 4.69) is 30.3 Å². The molecule has 0 aliphatic rings. The number of amides is 2. The predicted molar refractivity (Wildman–Crippen MR) is 89.2 cm³/mol. The lowest BCUT2D eigenvalue weighted by molar-refractivity contribution is 0.259. The van der Waals surface area contributed by atoms with Crippen LogP contribution in [0.5, 0.6) is 0 Å². The number of nitrogens with zero attached hydrogens (tertiary/aromatic N) is 1. The van der Waals surface area contributed by atoms with E-state index in [0.717, 1.165) is 42.8 Å². The fourth-order valence-corrected chi connectivity index (χ4v) is 2.14. The lowest BCUT2D eigenvalue weighted by Crippen LogP contribution is -2.26. The summed E-state index contributed by atoms with van der Waals surface area (Å²) in [5, 5.41) is 2.55. The number of anilines is 1. The van der Waals surface area contributed by atoms with Crippen LogP contribution in [0.25, 0.3) is 0 Å². The number of carbonyl (C=O) groups is 1. The molecule has 2 amide bonds. The van der Waals surface area contributed by atoms with Gasteiger partial charge in [0.2, 0.25) is 0 Å². The molecule has 4 heteroatoms. The number of hydrogen-bond acceptors (Lipinski definition) is 2. The molecule has 4 nitrogen and oxygen atoms in total. The molecule has 0 saturated carbocycles. The first kappa shape index (κ1) is 16.8. The van der Waals surface area contributed by atoms with E-state index in [4.69, 9.17) is 5.73 Å². The van der Waals surface area contributed by atoms with E-state index in [1.54, 1.807) is 0 Å². The Morgan fingerprint density at radius 1 is 1.29 bits per heavy atom. The van der Waals surface area contributed by atoms with Gasteiger partial charge in [-0.15, -0.1) is 0 Å². The van der Waals surface area contributed by atoms with Crippen molar-refractivity contribution in [1.29, 1.82) is 0 Å². The molecule has 21 heavy (non-hydrogen) atoms. The smallest absolute Gasteiger partial charge is 0.316 e. The molecule has 3 N–H and O–H groups in total. The molecule has 0 spiro atoms. The standard InChI is InChI=1S/C17H25N3O/c1-5-10-20(12-13(2)3)14(4)11-15-6-8-16(9-7-15)19-17(18)21/h6-9H,2,4-5,10-12H2,1,3H3,(H3,18,19,21). The molecule has 0 aromatic heterocycles. The molecule has 0 bridgehead atoms. The fourth-order valence-electron chi connectivity index (χ4n) is 2.14. The topological polar surface area (TPSA) is 58.4 Å². The van der Waals surface area contributed by atoms with Crippen molar-refractivity contribution >= 4 is 11.7 Å². The van der Waals surface area contributed by atoms with Gasteiger partial charge in [0.05, 0.1) is 0 Å². The van der Waals surface area contributed by atoms with E-state index in [1.165, 1.54) is 0 Å². The van der Waals surface area contributed by atoms with Gasteiger partial charge in [0.1, 0.15) is 0 Å². The molecule has 0 fully saturated rings. The average Bonchev–Trinajstić information content (AvgIpc) is 2.39. The minimum atomic E-state index is -0.553. The van der Waals surface area contributed by atoms with Crippen molar-refractivity contribution in [2.24, 2.45) is 5.73 Å². The summed E-state index contributed by atoms with van der Waals surface area (Å²) in [5.41, 5.74) is 9.14. The van der Waals surface area contributed by atoms with Crippen LogP contribution in [0, 0.1) is 0 Å². The van der Waals surface area contributed by atoms with Gasteiger partial charge in [-0.25, -0.2) is 4.79 Å². The van der Waals surface area contributed by atoms with Gasteiger partial charge in [0.15, 0.2) is 0 Å². The number of rotatable bonds is 8. The number of carbonyl (C=O) groups excluding carboxylic acids is 1. The third-order valence-electron chi connectivity index (χ3n) is 3.03. The van der Waals surface area contributed by atoms with Crippen molar-refractivity contribution in [2.45, 2.75) is 26.7 Å². The molecule has 0 unspecified atom stereocenters. The molecule has 1 aromatic rings. The Hall–Kier alpha value is -2.23. The highest BCUT2D eigenvalue weighted by Gasteiger charge is 2.08. The van der Waals surface area contributed by atoms with Crippen LogP contribution in [0.4, 0.5) is 10.5 Å². The Morgan fingerprint density at radius 2 is 1.90 bits per heavy atom. The monoisotopic (exact) mass is 287 g/mol. The van der Waals surface area contributed by atoms with Crippen LogP contribution in [-0.2, 0) is 6.42 Å². The highest BCUT2D eigenvalue weighted by Crippen LogP contribution is 2.15. The highest BCUT2D eigenvalue weighted by molar-refractivity contribution is 5.87. The van der Waals surface area contributed by atoms with Gasteiger partial charge in [-0.2, -0.15) is 0 Å². The van der Waals surface area contributed by atoms with Gasteiger partial charge in [-0.1, -0.05) is 37.8 Å². The minimum absolute atomic E-state index is 0.553. The Morgan fingerprint density at radius 3 is 2.38 bits per heavy atom. The van der Waals surface area contributed by atoms with Gasteiger partial charge in [-0.05, 0) is 31.0 Å². The average molecular weight is 287 g/mol. The van der Waals surface area contributed by atoms with Crippen molar-refractivity contribution in [1.82, 2.24) is 4.90 Å². The maximum atomic E-state index is 10.8. The Bertz CT molecular complexity index is 505. The van der Waals surface area contributed by atoms with Gasteiger partial charge in [-0.3, -0.25) is 0 Å². The van der Waals surface area contributed by atoms with Crippen LogP contribution in [0.2, 0.25) is 0 Å². The van der Waals surface area contributed by atoms with E-state index in [9.17, 15) is 4.79 Å². The van der Waals surface area contributed by atoms with Crippen LogP contribution in [0.15, 0.2) is 48.7 Å². The number of primary amides is 1. The van der Waals surface area contributed by atoms with Gasteiger partial charge in [0.25, 0.3) is 0 Å². The van der Waals surface area contributed by atoms with Crippen LogP contribution in [0.1, 0.15) is 25.8 Å².